The lowest BCUT2D eigenvalue weighted by molar-refractivity contribution is 0.272. The average Bonchev–Trinajstić information content (AvgIpc) is 2.81. The van der Waals surface area contributed by atoms with E-state index in [9.17, 15) is 0 Å². The highest BCUT2D eigenvalue weighted by atomic mass is 35.5. The van der Waals surface area contributed by atoms with E-state index in [0.717, 1.165) is 22.3 Å². The molecule has 0 fully saturated rings. The maximum Gasteiger partial charge on any atom is 0.147 e. The summed E-state index contributed by atoms with van der Waals surface area (Å²) in [6, 6.07) is 12.8. The van der Waals surface area contributed by atoms with Crippen LogP contribution in [0.15, 0.2) is 46.9 Å². The van der Waals surface area contributed by atoms with Gasteiger partial charge in [0.05, 0.1) is 0 Å². The number of benzene rings is 2. The molecule has 0 aliphatic heterocycles. The predicted molar refractivity (Wildman–Crippen MR) is 84.9 cm³/mol. The topological polar surface area (TPSA) is 48.4 Å². The van der Waals surface area contributed by atoms with Crippen LogP contribution in [0, 0.1) is 0 Å². The van der Waals surface area contributed by atoms with Gasteiger partial charge in [0.2, 0.25) is 0 Å². The minimum Gasteiger partial charge on any atom is -0.486 e. The molecule has 2 N–H and O–H groups in total. The smallest absolute Gasteiger partial charge is 0.147 e. The molecule has 0 radical (unpaired) electrons. The first-order valence-corrected chi connectivity index (χ1v) is 7.21. The van der Waals surface area contributed by atoms with Crippen molar-refractivity contribution < 1.29 is 9.15 Å². The number of hydrogen-bond donors (Lipinski definition) is 1. The molecule has 0 saturated carbocycles. The fourth-order valence-electron chi connectivity index (χ4n) is 2.25. The SMILES string of the molecule is NCc1c(COc2cc(Cl)cc(Cl)c2)oc2ccccc12. The summed E-state index contributed by atoms with van der Waals surface area (Å²) in [7, 11) is 0. The van der Waals surface area contributed by atoms with Crippen LogP contribution in [-0.4, -0.2) is 0 Å². The molecule has 1 aromatic heterocycles. The maximum atomic E-state index is 5.95. The van der Waals surface area contributed by atoms with Gasteiger partial charge in [-0.1, -0.05) is 41.4 Å². The average molecular weight is 322 g/mol. The number of halogens is 2. The van der Waals surface area contributed by atoms with E-state index in [1.54, 1.807) is 18.2 Å². The highest BCUT2D eigenvalue weighted by Crippen LogP contribution is 2.28. The Balaban J connectivity index is 1.88. The lowest BCUT2D eigenvalue weighted by atomic mass is 10.1. The third-order valence-electron chi connectivity index (χ3n) is 3.19. The van der Waals surface area contributed by atoms with E-state index >= 15 is 0 Å². The highest BCUT2D eigenvalue weighted by molar-refractivity contribution is 6.34. The van der Waals surface area contributed by atoms with Gasteiger partial charge in [0.25, 0.3) is 0 Å². The zero-order valence-corrected chi connectivity index (χ0v) is 12.6. The fourth-order valence-corrected chi connectivity index (χ4v) is 2.76. The molecule has 3 nitrogen and oxygen atoms in total. The second-order valence-corrected chi connectivity index (χ2v) is 5.47. The van der Waals surface area contributed by atoms with E-state index in [1.807, 2.05) is 24.3 Å². The van der Waals surface area contributed by atoms with Gasteiger partial charge >= 0.3 is 0 Å². The van der Waals surface area contributed by atoms with E-state index in [0.29, 0.717) is 22.3 Å². The van der Waals surface area contributed by atoms with Gasteiger partial charge in [0.1, 0.15) is 23.7 Å². The van der Waals surface area contributed by atoms with Crippen LogP contribution < -0.4 is 10.5 Å². The van der Waals surface area contributed by atoms with Gasteiger partial charge in [0, 0.05) is 27.5 Å². The number of fused-ring (bicyclic) bond motifs is 1. The minimum absolute atomic E-state index is 0.276. The molecular weight excluding hydrogens is 309 g/mol. The van der Waals surface area contributed by atoms with Crippen molar-refractivity contribution in [2.75, 3.05) is 0 Å². The first kappa shape index (κ1) is 14.3. The fraction of sp³-hybridized carbons (Fsp3) is 0.125. The number of ether oxygens (including phenoxy) is 1. The number of para-hydroxylation sites is 1. The van der Waals surface area contributed by atoms with E-state index in [1.165, 1.54) is 0 Å². The number of furan rings is 1. The van der Waals surface area contributed by atoms with Gasteiger partial charge in [-0.25, -0.2) is 0 Å². The molecular formula is C16H13Cl2NO2. The van der Waals surface area contributed by atoms with Gasteiger partial charge in [-0.15, -0.1) is 0 Å². The molecule has 0 aliphatic carbocycles. The van der Waals surface area contributed by atoms with Crippen LogP contribution in [0.2, 0.25) is 10.0 Å². The summed E-state index contributed by atoms with van der Waals surface area (Å²) in [5.41, 5.74) is 7.58. The Morgan fingerprint density at radius 2 is 1.76 bits per heavy atom. The third kappa shape index (κ3) is 3.00. The summed E-state index contributed by atoms with van der Waals surface area (Å²) in [4.78, 5) is 0. The molecule has 3 aromatic rings. The monoisotopic (exact) mass is 321 g/mol. The molecule has 0 saturated heterocycles. The number of nitrogens with two attached hydrogens (primary N) is 1. The summed E-state index contributed by atoms with van der Waals surface area (Å²) in [6.45, 7) is 0.671. The Bertz CT molecular complexity index is 763. The van der Waals surface area contributed by atoms with Gasteiger partial charge in [-0.3, -0.25) is 0 Å². The molecule has 0 amide bonds. The minimum atomic E-state index is 0.276. The molecule has 108 valence electrons. The zero-order valence-electron chi connectivity index (χ0n) is 11.1. The summed E-state index contributed by atoms with van der Waals surface area (Å²) in [6.07, 6.45) is 0. The molecule has 0 unspecified atom stereocenters. The largest absolute Gasteiger partial charge is 0.486 e. The maximum absolute atomic E-state index is 5.95. The molecule has 2 aromatic carbocycles. The molecule has 5 heteroatoms. The van der Waals surface area contributed by atoms with E-state index in [-0.39, 0.29) is 6.61 Å². The Morgan fingerprint density at radius 1 is 1.05 bits per heavy atom. The van der Waals surface area contributed by atoms with Crippen molar-refractivity contribution in [2.24, 2.45) is 5.73 Å². The van der Waals surface area contributed by atoms with Gasteiger partial charge < -0.3 is 14.9 Å². The van der Waals surface area contributed by atoms with E-state index < -0.39 is 0 Å². The summed E-state index contributed by atoms with van der Waals surface area (Å²) >= 11 is 11.9. The first-order valence-electron chi connectivity index (χ1n) is 6.45. The standard InChI is InChI=1S/C16H13Cl2NO2/c17-10-5-11(18)7-12(6-10)20-9-16-14(8-19)13-3-1-2-4-15(13)21-16/h1-7H,8-9,19H2. The van der Waals surface area contributed by atoms with E-state index in [4.69, 9.17) is 38.1 Å². The Labute approximate surface area is 132 Å². The van der Waals surface area contributed by atoms with Crippen molar-refractivity contribution in [3.05, 3.63) is 63.8 Å². The molecule has 21 heavy (non-hydrogen) atoms. The van der Waals surface area contributed by atoms with Crippen molar-refractivity contribution in [3.8, 4) is 5.75 Å². The van der Waals surface area contributed by atoms with Gasteiger partial charge in [-0.05, 0) is 24.3 Å². The lowest BCUT2D eigenvalue weighted by Gasteiger charge is -2.06. The quantitative estimate of drug-likeness (QED) is 0.752. The third-order valence-corrected chi connectivity index (χ3v) is 3.63. The van der Waals surface area contributed by atoms with Crippen molar-refractivity contribution >= 4 is 34.2 Å². The lowest BCUT2D eigenvalue weighted by Crippen LogP contribution is -2.02. The van der Waals surface area contributed by atoms with Crippen molar-refractivity contribution in [1.82, 2.24) is 0 Å². The van der Waals surface area contributed by atoms with Crippen LogP contribution in [0.3, 0.4) is 0 Å². The Morgan fingerprint density at radius 3 is 2.48 bits per heavy atom. The van der Waals surface area contributed by atoms with Crippen LogP contribution in [-0.2, 0) is 13.2 Å². The van der Waals surface area contributed by atoms with Crippen LogP contribution >= 0.6 is 23.2 Å². The summed E-state index contributed by atoms with van der Waals surface area (Å²) in [5.74, 6) is 1.31. The van der Waals surface area contributed by atoms with Gasteiger partial charge in [0.15, 0.2) is 0 Å². The second-order valence-electron chi connectivity index (χ2n) is 4.60. The van der Waals surface area contributed by atoms with Crippen molar-refractivity contribution in [3.63, 3.8) is 0 Å². The zero-order chi connectivity index (χ0) is 14.8. The van der Waals surface area contributed by atoms with Crippen LogP contribution in [0.4, 0.5) is 0 Å². The van der Waals surface area contributed by atoms with Crippen LogP contribution in [0.25, 0.3) is 11.0 Å². The molecule has 0 spiro atoms. The van der Waals surface area contributed by atoms with Crippen molar-refractivity contribution in [1.29, 1.82) is 0 Å². The molecule has 3 rings (SSSR count). The number of rotatable bonds is 4. The summed E-state index contributed by atoms with van der Waals surface area (Å²) in [5, 5.41) is 2.07. The first-order chi connectivity index (χ1) is 10.2. The molecule has 0 bridgehead atoms. The normalized spacial score (nSPS) is 11.0. The Hall–Kier alpha value is -1.68. The summed E-state index contributed by atoms with van der Waals surface area (Å²) < 4.78 is 11.5. The van der Waals surface area contributed by atoms with Gasteiger partial charge in [-0.2, -0.15) is 0 Å². The molecule has 0 atom stereocenters. The van der Waals surface area contributed by atoms with Crippen LogP contribution in [0.1, 0.15) is 11.3 Å². The second kappa shape index (κ2) is 5.98. The van der Waals surface area contributed by atoms with E-state index in [2.05, 4.69) is 0 Å². The highest BCUT2D eigenvalue weighted by Gasteiger charge is 2.13. The Kier molecular flexibility index (Phi) is 4.06. The number of hydrogen-bond acceptors (Lipinski definition) is 3. The predicted octanol–water partition coefficient (Wildman–Crippen LogP) is 4.78. The molecule has 0 aliphatic rings. The molecule has 1 heterocycles. The van der Waals surface area contributed by atoms with Crippen LogP contribution in [0.5, 0.6) is 5.75 Å². The van der Waals surface area contributed by atoms with Crippen molar-refractivity contribution in [2.45, 2.75) is 13.2 Å².